The van der Waals surface area contributed by atoms with Gasteiger partial charge in [-0.2, -0.15) is 0 Å². The van der Waals surface area contributed by atoms with Crippen molar-refractivity contribution < 1.29 is 4.79 Å². The number of rotatable bonds is 4. The number of urea groups is 1. The molecule has 5 saturated carbocycles. The molecular formula is C22H30N2O. The van der Waals surface area contributed by atoms with E-state index in [2.05, 4.69) is 41.8 Å². The van der Waals surface area contributed by atoms with Gasteiger partial charge >= 0.3 is 6.03 Å². The first-order chi connectivity index (χ1) is 12.1. The number of carbonyl (C=O) groups is 1. The first-order valence-corrected chi connectivity index (χ1v) is 10.2. The van der Waals surface area contributed by atoms with Crippen molar-refractivity contribution >= 4 is 6.03 Å². The lowest BCUT2D eigenvalue weighted by atomic mass is 9.48. The Bertz CT molecular complexity index is 629. The summed E-state index contributed by atoms with van der Waals surface area (Å²) in [7, 11) is 0. The monoisotopic (exact) mass is 338 g/mol. The van der Waals surface area contributed by atoms with Gasteiger partial charge in [-0.05, 0) is 87.0 Å². The minimum atomic E-state index is -0.119. The fourth-order valence-electron chi connectivity index (χ4n) is 6.68. The second-order valence-electron chi connectivity index (χ2n) is 9.55. The van der Waals surface area contributed by atoms with Crippen LogP contribution in [-0.2, 0) is 5.54 Å². The molecule has 134 valence electrons. The molecule has 6 rings (SSSR count). The summed E-state index contributed by atoms with van der Waals surface area (Å²) in [6, 6.07) is 10.7. The molecule has 5 aliphatic rings. The van der Waals surface area contributed by atoms with Gasteiger partial charge in [0.2, 0.25) is 0 Å². The fourth-order valence-corrected chi connectivity index (χ4v) is 6.68. The summed E-state index contributed by atoms with van der Waals surface area (Å²) in [6.45, 7) is 2.26. The molecule has 0 saturated heterocycles. The van der Waals surface area contributed by atoms with Crippen LogP contribution in [0.5, 0.6) is 0 Å². The summed E-state index contributed by atoms with van der Waals surface area (Å²) in [4.78, 5) is 12.8. The van der Waals surface area contributed by atoms with Crippen LogP contribution in [-0.4, -0.2) is 12.1 Å². The highest BCUT2D eigenvalue weighted by atomic mass is 16.2. The number of nitrogens with one attached hydrogen (secondary N) is 2. The van der Waals surface area contributed by atoms with Crippen LogP contribution >= 0.6 is 0 Å². The lowest BCUT2D eigenvalue weighted by Crippen LogP contribution is -2.57. The molecule has 3 heteroatoms. The third-order valence-corrected chi connectivity index (χ3v) is 7.78. The molecule has 0 aromatic heterocycles. The van der Waals surface area contributed by atoms with E-state index < -0.39 is 0 Å². The number of hydrogen-bond acceptors (Lipinski definition) is 1. The van der Waals surface area contributed by atoms with Crippen LogP contribution in [0.4, 0.5) is 4.79 Å². The molecule has 1 aromatic carbocycles. The molecule has 0 spiro atoms. The van der Waals surface area contributed by atoms with E-state index in [1.54, 1.807) is 0 Å². The van der Waals surface area contributed by atoms with Crippen molar-refractivity contribution in [1.29, 1.82) is 0 Å². The lowest BCUT2D eigenvalue weighted by Gasteiger charge is -2.59. The minimum absolute atomic E-state index is 0.0320. The SMILES string of the molecule is CC(NC(=O)NC1(c2ccccc2)CC1)C12CC3CC(CC(C3)C1)C2. The van der Waals surface area contributed by atoms with E-state index in [0.29, 0.717) is 5.41 Å². The van der Waals surface area contributed by atoms with Gasteiger partial charge in [-0.15, -0.1) is 0 Å². The van der Waals surface area contributed by atoms with Gasteiger partial charge in [-0.25, -0.2) is 4.79 Å². The summed E-state index contributed by atoms with van der Waals surface area (Å²) in [6.07, 6.45) is 10.5. The zero-order chi connectivity index (χ0) is 17.1. The molecule has 0 aliphatic heterocycles. The summed E-state index contributed by atoms with van der Waals surface area (Å²) in [5.74, 6) is 2.79. The average Bonchev–Trinajstić information content (AvgIpc) is 3.35. The molecule has 1 atom stereocenters. The molecule has 3 nitrogen and oxygen atoms in total. The van der Waals surface area contributed by atoms with Crippen LogP contribution in [0.2, 0.25) is 0 Å². The molecule has 1 aromatic rings. The lowest BCUT2D eigenvalue weighted by molar-refractivity contribution is -0.0682. The minimum Gasteiger partial charge on any atom is -0.335 e. The molecule has 4 bridgehead atoms. The first-order valence-electron chi connectivity index (χ1n) is 10.2. The van der Waals surface area contributed by atoms with Crippen LogP contribution < -0.4 is 10.6 Å². The predicted molar refractivity (Wildman–Crippen MR) is 99.1 cm³/mol. The topological polar surface area (TPSA) is 41.1 Å². The summed E-state index contributed by atoms with van der Waals surface area (Å²) >= 11 is 0. The quantitative estimate of drug-likeness (QED) is 0.829. The highest BCUT2D eigenvalue weighted by Crippen LogP contribution is 2.61. The molecular weight excluding hydrogens is 308 g/mol. The maximum absolute atomic E-state index is 12.8. The van der Waals surface area contributed by atoms with Crippen molar-refractivity contribution in [2.24, 2.45) is 23.2 Å². The van der Waals surface area contributed by atoms with Gasteiger partial charge in [-0.3, -0.25) is 0 Å². The van der Waals surface area contributed by atoms with Crippen molar-refractivity contribution in [1.82, 2.24) is 10.6 Å². The van der Waals surface area contributed by atoms with Gasteiger partial charge in [0.15, 0.2) is 0 Å². The summed E-state index contributed by atoms with van der Waals surface area (Å²) in [5.41, 5.74) is 1.50. The van der Waals surface area contributed by atoms with Gasteiger partial charge in [0.25, 0.3) is 0 Å². The van der Waals surface area contributed by atoms with Gasteiger partial charge in [0, 0.05) is 6.04 Å². The van der Waals surface area contributed by atoms with E-state index in [1.807, 2.05) is 6.07 Å². The van der Waals surface area contributed by atoms with Crippen molar-refractivity contribution in [3.63, 3.8) is 0 Å². The van der Waals surface area contributed by atoms with Crippen LogP contribution in [0.3, 0.4) is 0 Å². The van der Waals surface area contributed by atoms with E-state index in [9.17, 15) is 4.79 Å². The molecule has 0 heterocycles. The highest BCUT2D eigenvalue weighted by molar-refractivity contribution is 5.76. The second kappa shape index (κ2) is 5.49. The van der Waals surface area contributed by atoms with Crippen molar-refractivity contribution in [3.8, 4) is 0 Å². The fraction of sp³-hybridized carbons (Fsp3) is 0.682. The molecule has 5 fully saturated rings. The standard InChI is InChI=1S/C22H30N2O/c1-15(21-12-16-9-17(13-21)11-18(10-16)14-21)23-20(25)24-22(7-8-22)19-5-3-2-4-6-19/h2-6,15-18H,7-14H2,1H3,(H2,23,24,25). The Morgan fingerprint density at radius 1 is 1.00 bits per heavy atom. The Morgan fingerprint density at radius 2 is 1.56 bits per heavy atom. The average molecular weight is 338 g/mol. The molecule has 5 aliphatic carbocycles. The molecule has 2 amide bonds. The van der Waals surface area contributed by atoms with Crippen LogP contribution in [0.1, 0.15) is 63.9 Å². The van der Waals surface area contributed by atoms with Crippen LogP contribution in [0.25, 0.3) is 0 Å². The second-order valence-corrected chi connectivity index (χ2v) is 9.55. The molecule has 25 heavy (non-hydrogen) atoms. The van der Waals surface area contributed by atoms with Gasteiger partial charge in [0.05, 0.1) is 5.54 Å². The Morgan fingerprint density at radius 3 is 2.08 bits per heavy atom. The van der Waals surface area contributed by atoms with Crippen molar-refractivity contribution in [2.45, 2.75) is 69.9 Å². The van der Waals surface area contributed by atoms with E-state index in [-0.39, 0.29) is 17.6 Å². The van der Waals surface area contributed by atoms with E-state index in [0.717, 1.165) is 30.6 Å². The van der Waals surface area contributed by atoms with E-state index in [1.165, 1.54) is 44.1 Å². The van der Waals surface area contributed by atoms with Crippen LogP contribution in [0.15, 0.2) is 30.3 Å². The molecule has 1 unspecified atom stereocenters. The smallest absolute Gasteiger partial charge is 0.315 e. The first kappa shape index (κ1) is 15.7. The van der Waals surface area contributed by atoms with E-state index in [4.69, 9.17) is 0 Å². The molecule has 0 radical (unpaired) electrons. The summed E-state index contributed by atoms with van der Waals surface area (Å²) in [5, 5.41) is 6.65. The third-order valence-electron chi connectivity index (χ3n) is 7.78. The maximum Gasteiger partial charge on any atom is 0.315 e. The Hall–Kier alpha value is -1.51. The molecule has 2 N–H and O–H groups in total. The largest absolute Gasteiger partial charge is 0.335 e. The van der Waals surface area contributed by atoms with E-state index >= 15 is 0 Å². The van der Waals surface area contributed by atoms with Crippen LogP contribution in [0, 0.1) is 23.2 Å². The Kier molecular flexibility index (Phi) is 3.45. The number of benzene rings is 1. The predicted octanol–water partition coefficient (Wildman–Crippen LogP) is 4.58. The zero-order valence-electron chi connectivity index (χ0n) is 15.3. The van der Waals surface area contributed by atoms with Gasteiger partial charge in [0.1, 0.15) is 0 Å². The summed E-state index contributed by atoms with van der Waals surface area (Å²) < 4.78 is 0. The number of hydrogen-bond donors (Lipinski definition) is 2. The van der Waals surface area contributed by atoms with Crippen molar-refractivity contribution in [3.05, 3.63) is 35.9 Å². The van der Waals surface area contributed by atoms with Gasteiger partial charge in [-0.1, -0.05) is 30.3 Å². The van der Waals surface area contributed by atoms with Crippen molar-refractivity contribution in [2.75, 3.05) is 0 Å². The van der Waals surface area contributed by atoms with Gasteiger partial charge < -0.3 is 10.6 Å². The third kappa shape index (κ3) is 2.67. The highest BCUT2D eigenvalue weighted by Gasteiger charge is 2.53. The number of carbonyl (C=O) groups excluding carboxylic acids is 1. The number of amides is 2. The Labute approximate surface area is 151 Å². The normalized spacial score (nSPS) is 38.2. The zero-order valence-corrected chi connectivity index (χ0v) is 15.3. The Balaban J connectivity index is 1.26. The maximum atomic E-state index is 12.8.